The van der Waals surface area contributed by atoms with Gasteiger partial charge in [0.2, 0.25) is 0 Å². The van der Waals surface area contributed by atoms with Crippen molar-refractivity contribution in [2.75, 3.05) is 26.2 Å². The fourth-order valence-electron chi connectivity index (χ4n) is 1.47. The van der Waals surface area contributed by atoms with Crippen molar-refractivity contribution in [3.05, 3.63) is 18.0 Å². The number of aliphatic imine (C=N–C) groups is 1. The standard InChI is InChI=1S/C11H20N6O.HI/c1-3-17(4-2)11(12)14-8-7-13-10(18)9-5-6-15-16-9;/h5-6H,3-4,7-8H2,1-2H3,(H2,12,14)(H,13,18)(H,15,16);1H. The van der Waals surface area contributed by atoms with E-state index < -0.39 is 0 Å². The normalized spacial score (nSPS) is 10.7. The largest absolute Gasteiger partial charge is 0.370 e. The van der Waals surface area contributed by atoms with Crippen LogP contribution in [0.25, 0.3) is 0 Å². The summed E-state index contributed by atoms with van der Waals surface area (Å²) in [7, 11) is 0. The second-order valence-corrected chi connectivity index (χ2v) is 3.64. The summed E-state index contributed by atoms with van der Waals surface area (Å²) in [6.45, 7) is 6.60. The Balaban J connectivity index is 0.00000324. The summed E-state index contributed by atoms with van der Waals surface area (Å²) in [5.41, 5.74) is 6.24. The van der Waals surface area contributed by atoms with Gasteiger partial charge in [-0.1, -0.05) is 0 Å². The number of nitrogens with two attached hydrogens (primary N) is 1. The van der Waals surface area contributed by atoms with Crippen molar-refractivity contribution in [3.63, 3.8) is 0 Å². The van der Waals surface area contributed by atoms with Crippen LogP contribution in [0, 0.1) is 0 Å². The number of amides is 1. The maximum absolute atomic E-state index is 11.5. The van der Waals surface area contributed by atoms with Crippen LogP contribution in [0.3, 0.4) is 0 Å². The van der Waals surface area contributed by atoms with Gasteiger partial charge in [0.25, 0.3) is 5.91 Å². The van der Waals surface area contributed by atoms with Gasteiger partial charge in [0.05, 0.1) is 6.54 Å². The molecule has 0 aliphatic rings. The van der Waals surface area contributed by atoms with E-state index in [4.69, 9.17) is 5.73 Å². The maximum Gasteiger partial charge on any atom is 0.269 e. The number of halogens is 1. The lowest BCUT2D eigenvalue weighted by molar-refractivity contribution is 0.0950. The van der Waals surface area contributed by atoms with Gasteiger partial charge >= 0.3 is 0 Å². The van der Waals surface area contributed by atoms with Crippen LogP contribution in [0.5, 0.6) is 0 Å². The van der Waals surface area contributed by atoms with E-state index in [1.54, 1.807) is 6.07 Å². The molecule has 4 N–H and O–H groups in total. The molecule has 0 unspecified atom stereocenters. The highest BCUT2D eigenvalue weighted by atomic mass is 127. The Kier molecular flexibility index (Phi) is 8.92. The van der Waals surface area contributed by atoms with Gasteiger partial charge < -0.3 is 16.0 Å². The Morgan fingerprint density at radius 2 is 2.21 bits per heavy atom. The fraction of sp³-hybridized carbons (Fsp3) is 0.545. The van der Waals surface area contributed by atoms with E-state index >= 15 is 0 Å². The SMILES string of the molecule is CCN(CC)C(N)=NCCNC(=O)c1ccn[nH]1.I. The van der Waals surface area contributed by atoms with Crippen LogP contribution >= 0.6 is 24.0 Å². The quantitative estimate of drug-likeness (QED) is 0.288. The van der Waals surface area contributed by atoms with Gasteiger partial charge in [-0.3, -0.25) is 14.9 Å². The Hall–Kier alpha value is -1.32. The molecule has 1 rings (SSSR count). The molecule has 8 heteroatoms. The molecule has 0 saturated carbocycles. The van der Waals surface area contributed by atoms with Crippen molar-refractivity contribution >= 4 is 35.8 Å². The minimum atomic E-state index is -0.191. The predicted molar refractivity (Wildman–Crippen MR) is 85.7 cm³/mol. The molecule has 0 saturated heterocycles. The van der Waals surface area contributed by atoms with Crippen LogP contribution in [0.2, 0.25) is 0 Å². The first-order valence-electron chi connectivity index (χ1n) is 6.01. The average molecular weight is 380 g/mol. The van der Waals surface area contributed by atoms with Crippen LogP contribution in [-0.2, 0) is 0 Å². The summed E-state index contributed by atoms with van der Waals surface area (Å²) >= 11 is 0. The number of nitrogens with zero attached hydrogens (tertiary/aromatic N) is 3. The molecule has 7 nitrogen and oxygen atoms in total. The minimum absolute atomic E-state index is 0. The first kappa shape index (κ1) is 17.7. The molecule has 0 aliphatic heterocycles. The highest BCUT2D eigenvalue weighted by Crippen LogP contribution is 1.90. The molecule has 1 amide bonds. The lowest BCUT2D eigenvalue weighted by Crippen LogP contribution is -2.37. The summed E-state index contributed by atoms with van der Waals surface area (Å²) in [5, 5.41) is 9.02. The summed E-state index contributed by atoms with van der Waals surface area (Å²) in [5.74, 6) is 0.319. The van der Waals surface area contributed by atoms with Crippen molar-refractivity contribution in [1.82, 2.24) is 20.4 Å². The number of nitrogens with one attached hydrogen (secondary N) is 2. The van der Waals surface area contributed by atoms with Gasteiger partial charge in [-0.15, -0.1) is 24.0 Å². The summed E-state index contributed by atoms with van der Waals surface area (Å²) < 4.78 is 0. The topological polar surface area (TPSA) is 99.4 Å². The monoisotopic (exact) mass is 380 g/mol. The molecule has 0 spiro atoms. The number of hydrogen-bond acceptors (Lipinski definition) is 3. The number of aromatic amines is 1. The zero-order valence-corrected chi connectivity index (χ0v) is 13.5. The lowest BCUT2D eigenvalue weighted by Gasteiger charge is -2.19. The number of hydrogen-bond donors (Lipinski definition) is 3. The van der Waals surface area contributed by atoms with Crippen molar-refractivity contribution in [3.8, 4) is 0 Å². The smallest absolute Gasteiger partial charge is 0.269 e. The van der Waals surface area contributed by atoms with Gasteiger partial charge in [-0.25, -0.2) is 0 Å². The number of carbonyl (C=O) groups is 1. The fourth-order valence-corrected chi connectivity index (χ4v) is 1.47. The second-order valence-electron chi connectivity index (χ2n) is 3.64. The second kappa shape index (κ2) is 9.59. The van der Waals surface area contributed by atoms with Crippen LogP contribution in [0.1, 0.15) is 24.3 Å². The molecule has 1 aromatic heterocycles. The summed E-state index contributed by atoms with van der Waals surface area (Å²) in [4.78, 5) is 17.7. The molecule has 1 aromatic rings. The highest BCUT2D eigenvalue weighted by Gasteiger charge is 2.05. The van der Waals surface area contributed by atoms with E-state index in [9.17, 15) is 4.79 Å². The number of carbonyl (C=O) groups excluding carboxylic acids is 1. The Bertz CT molecular complexity index is 388. The first-order valence-corrected chi connectivity index (χ1v) is 6.01. The average Bonchev–Trinajstić information content (AvgIpc) is 2.89. The first-order chi connectivity index (χ1) is 8.69. The van der Waals surface area contributed by atoms with Crippen molar-refractivity contribution in [2.24, 2.45) is 10.7 Å². The molecule has 0 aliphatic carbocycles. The van der Waals surface area contributed by atoms with Gasteiger partial charge in [0.1, 0.15) is 5.69 Å². The Morgan fingerprint density at radius 3 is 2.74 bits per heavy atom. The molecule has 0 fully saturated rings. The van der Waals surface area contributed by atoms with E-state index in [0.717, 1.165) is 13.1 Å². The van der Waals surface area contributed by atoms with Gasteiger partial charge in [-0.05, 0) is 19.9 Å². The molecular formula is C11H21IN6O. The van der Waals surface area contributed by atoms with Crippen LogP contribution in [0.15, 0.2) is 17.3 Å². The summed E-state index contributed by atoms with van der Waals surface area (Å²) in [6.07, 6.45) is 1.53. The predicted octanol–water partition coefficient (Wildman–Crippen LogP) is 0.414. The molecule has 1 heterocycles. The zero-order chi connectivity index (χ0) is 13.4. The van der Waals surface area contributed by atoms with Crippen molar-refractivity contribution < 1.29 is 4.79 Å². The van der Waals surface area contributed by atoms with Crippen molar-refractivity contribution in [1.29, 1.82) is 0 Å². The van der Waals surface area contributed by atoms with Crippen LogP contribution < -0.4 is 11.1 Å². The molecule has 0 atom stereocenters. The van der Waals surface area contributed by atoms with Gasteiger partial charge in [0.15, 0.2) is 5.96 Å². The van der Waals surface area contributed by atoms with E-state index in [1.165, 1.54) is 6.20 Å². The number of rotatable bonds is 6. The van der Waals surface area contributed by atoms with E-state index in [1.807, 2.05) is 18.7 Å². The number of H-pyrrole nitrogens is 1. The zero-order valence-electron chi connectivity index (χ0n) is 11.2. The Labute approximate surface area is 130 Å². The maximum atomic E-state index is 11.5. The Morgan fingerprint density at radius 1 is 1.53 bits per heavy atom. The minimum Gasteiger partial charge on any atom is -0.370 e. The van der Waals surface area contributed by atoms with E-state index in [0.29, 0.717) is 24.7 Å². The van der Waals surface area contributed by atoms with E-state index in [-0.39, 0.29) is 29.9 Å². The summed E-state index contributed by atoms with van der Waals surface area (Å²) in [6, 6.07) is 1.61. The lowest BCUT2D eigenvalue weighted by atomic mass is 10.4. The molecule has 0 aromatic carbocycles. The van der Waals surface area contributed by atoms with Gasteiger partial charge in [-0.2, -0.15) is 5.10 Å². The molecule has 0 radical (unpaired) electrons. The third-order valence-corrected chi connectivity index (χ3v) is 2.50. The number of guanidine groups is 1. The third kappa shape index (κ3) is 5.90. The third-order valence-electron chi connectivity index (χ3n) is 2.50. The highest BCUT2D eigenvalue weighted by molar-refractivity contribution is 14.0. The molecule has 108 valence electrons. The van der Waals surface area contributed by atoms with Gasteiger partial charge in [0, 0.05) is 25.8 Å². The molecule has 0 bridgehead atoms. The van der Waals surface area contributed by atoms with Crippen molar-refractivity contribution in [2.45, 2.75) is 13.8 Å². The number of aromatic nitrogens is 2. The molecule has 19 heavy (non-hydrogen) atoms. The van der Waals surface area contributed by atoms with Crippen LogP contribution in [0.4, 0.5) is 0 Å². The molecular weight excluding hydrogens is 359 g/mol. The van der Waals surface area contributed by atoms with E-state index in [2.05, 4.69) is 20.5 Å². The van der Waals surface area contributed by atoms with Crippen LogP contribution in [-0.4, -0.2) is 53.1 Å².